The van der Waals surface area contributed by atoms with Gasteiger partial charge in [-0.15, -0.1) is 0 Å². The summed E-state index contributed by atoms with van der Waals surface area (Å²) in [5, 5.41) is 15.2. The molecule has 0 saturated heterocycles. The van der Waals surface area contributed by atoms with Crippen LogP contribution in [0.4, 0.5) is 0 Å². The number of hydrogen-bond donors (Lipinski definition) is 4. The highest BCUT2D eigenvalue weighted by Gasteiger charge is 2.18. The summed E-state index contributed by atoms with van der Waals surface area (Å²) in [4.78, 5) is 12.7. The molecule has 0 aliphatic rings. The number of carbonyl (C=O) groups is 1. The van der Waals surface area contributed by atoms with Crippen LogP contribution in [-0.4, -0.2) is 22.1 Å². The van der Waals surface area contributed by atoms with Gasteiger partial charge in [0.05, 0.1) is 0 Å². The average Bonchev–Trinajstić information content (AvgIpc) is 3.26. The van der Waals surface area contributed by atoms with Crippen molar-refractivity contribution in [1.29, 1.82) is 10.8 Å². The molecule has 6 nitrogen and oxygen atoms in total. The summed E-state index contributed by atoms with van der Waals surface area (Å²) < 4.78 is 1.60. The van der Waals surface area contributed by atoms with Crippen LogP contribution < -0.4 is 11.5 Å². The second kappa shape index (κ2) is 9.01. The Hall–Kier alpha value is -3.67. The molecule has 0 aliphatic heterocycles. The molecule has 0 spiro atoms. The zero-order chi connectivity index (χ0) is 20.8. The molecule has 0 amide bonds. The van der Waals surface area contributed by atoms with E-state index in [2.05, 4.69) is 0 Å². The fourth-order valence-corrected chi connectivity index (χ4v) is 3.36. The Balaban J connectivity index is 1.80. The number of hydrogen-bond acceptors (Lipinski definition) is 3. The Kier molecular flexibility index (Phi) is 6.24. The molecule has 29 heavy (non-hydrogen) atoms. The second-order valence-corrected chi connectivity index (χ2v) is 7.07. The molecule has 0 saturated carbocycles. The highest BCUT2D eigenvalue weighted by molar-refractivity contribution is 5.95. The van der Waals surface area contributed by atoms with Crippen molar-refractivity contribution in [1.82, 2.24) is 4.57 Å². The van der Waals surface area contributed by atoms with E-state index >= 15 is 0 Å². The van der Waals surface area contributed by atoms with Gasteiger partial charge in [0.2, 0.25) is 5.91 Å². The van der Waals surface area contributed by atoms with Gasteiger partial charge in [0.1, 0.15) is 11.7 Å². The summed E-state index contributed by atoms with van der Waals surface area (Å²) in [6.45, 7) is 0. The highest BCUT2D eigenvalue weighted by atomic mass is 16.1. The lowest BCUT2D eigenvalue weighted by atomic mass is 9.88. The zero-order valence-electron chi connectivity index (χ0n) is 16.1. The minimum atomic E-state index is -0.00307. The van der Waals surface area contributed by atoms with Gasteiger partial charge in [-0.3, -0.25) is 20.2 Å². The van der Waals surface area contributed by atoms with Crippen LogP contribution in [0.15, 0.2) is 73.1 Å². The molecule has 0 bridgehead atoms. The van der Waals surface area contributed by atoms with Crippen molar-refractivity contribution in [2.24, 2.45) is 11.5 Å². The maximum Gasteiger partial charge on any atom is 0.231 e. The number of aryl methyl sites for hydroxylation is 1. The van der Waals surface area contributed by atoms with E-state index in [-0.39, 0.29) is 23.5 Å². The Morgan fingerprint density at radius 3 is 2.17 bits per heavy atom. The average molecular weight is 387 g/mol. The molecule has 6 heteroatoms. The minimum absolute atomic E-state index is 0.00307. The van der Waals surface area contributed by atoms with Gasteiger partial charge in [0, 0.05) is 29.9 Å². The molecule has 1 atom stereocenters. The summed E-state index contributed by atoms with van der Waals surface area (Å²) >= 11 is 0. The van der Waals surface area contributed by atoms with Crippen LogP contribution in [0.3, 0.4) is 0 Å². The maximum atomic E-state index is 12.7. The first-order valence-electron chi connectivity index (χ1n) is 9.48. The third-order valence-electron chi connectivity index (χ3n) is 5.03. The van der Waals surface area contributed by atoms with E-state index in [1.807, 2.05) is 54.6 Å². The Morgan fingerprint density at radius 2 is 1.55 bits per heavy atom. The van der Waals surface area contributed by atoms with E-state index in [1.54, 1.807) is 23.0 Å². The smallest absolute Gasteiger partial charge is 0.231 e. The van der Waals surface area contributed by atoms with Gasteiger partial charge in [0.25, 0.3) is 0 Å². The van der Waals surface area contributed by atoms with Gasteiger partial charge in [-0.1, -0.05) is 42.5 Å². The number of nitrogen functional groups attached to an aromatic ring is 2. The van der Waals surface area contributed by atoms with Crippen LogP contribution in [0.25, 0.3) is 0 Å². The number of amidine groups is 2. The van der Waals surface area contributed by atoms with Crippen LogP contribution in [-0.2, 0) is 6.42 Å². The summed E-state index contributed by atoms with van der Waals surface area (Å²) in [6, 6.07) is 18.8. The highest BCUT2D eigenvalue weighted by Crippen LogP contribution is 2.27. The lowest BCUT2D eigenvalue weighted by Gasteiger charge is -2.18. The first-order valence-corrected chi connectivity index (χ1v) is 9.48. The van der Waals surface area contributed by atoms with Crippen molar-refractivity contribution in [3.8, 4) is 0 Å². The predicted molar refractivity (Wildman–Crippen MR) is 116 cm³/mol. The van der Waals surface area contributed by atoms with E-state index in [0.29, 0.717) is 17.5 Å². The van der Waals surface area contributed by atoms with Crippen LogP contribution in [0.1, 0.15) is 45.8 Å². The predicted octanol–water partition coefficient (Wildman–Crippen LogP) is 3.50. The molecule has 0 aliphatic carbocycles. The maximum absolute atomic E-state index is 12.7. The van der Waals surface area contributed by atoms with Crippen molar-refractivity contribution in [3.05, 3.63) is 95.3 Å². The number of nitrogens with one attached hydrogen (secondary N) is 2. The summed E-state index contributed by atoms with van der Waals surface area (Å²) in [6.07, 6.45) is 5.43. The number of aromatic nitrogens is 1. The normalized spacial score (nSPS) is 11.7. The molecular weight excluding hydrogens is 362 g/mol. The molecule has 3 rings (SSSR count). The van der Waals surface area contributed by atoms with E-state index in [9.17, 15) is 4.79 Å². The standard InChI is InChI=1S/C23H25N5O/c24-22(25)17-9-6-16(7-10-17)8-11-19(15-21(29)28-12-1-2-13-28)18-4-3-5-20(14-18)23(26)27/h1-7,9-10,12-14,19H,8,11,15H2,(H3,24,25)(H3,26,27)/t19-/m0/s1. The van der Waals surface area contributed by atoms with Gasteiger partial charge >= 0.3 is 0 Å². The van der Waals surface area contributed by atoms with Gasteiger partial charge in [-0.25, -0.2) is 0 Å². The van der Waals surface area contributed by atoms with E-state index < -0.39 is 0 Å². The van der Waals surface area contributed by atoms with Gasteiger partial charge in [-0.05, 0) is 48.1 Å². The molecule has 1 aromatic heterocycles. The molecular formula is C23H25N5O. The van der Waals surface area contributed by atoms with Crippen LogP contribution in [0.5, 0.6) is 0 Å². The SMILES string of the molecule is N=C(N)c1ccc(CC[C@@H](CC(=O)n2cccc2)c2cccc(C(=N)N)c2)cc1. The van der Waals surface area contributed by atoms with Gasteiger partial charge in [0.15, 0.2) is 0 Å². The molecule has 148 valence electrons. The first kappa shape index (κ1) is 20.1. The number of benzene rings is 2. The lowest BCUT2D eigenvalue weighted by Crippen LogP contribution is -2.16. The fourth-order valence-electron chi connectivity index (χ4n) is 3.36. The number of carbonyl (C=O) groups excluding carboxylic acids is 1. The number of rotatable bonds is 8. The van der Waals surface area contributed by atoms with Gasteiger partial charge < -0.3 is 11.5 Å². The second-order valence-electron chi connectivity index (χ2n) is 7.07. The number of nitrogens with two attached hydrogens (primary N) is 2. The molecule has 1 heterocycles. The Bertz CT molecular complexity index is 1010. The monoisotopic (exact) mass is 387 g/mol. The van der Waals surface area contributed by atoms with Crippen LogP contribution >= 0.6 is 0 Å². The molecule has 6 N–H and O–H groups in total. The van der Waals surface area contributed by atoms with Crippen molar-refractivity contribution >= 4 is 17.6 Å². The van der Waals surface area contributed by atoms with E-state index in [1.165, 1.54) is 0 Å². The molecule has 0 fully saturated rings. The third-order valence-corrected chi connectivity index (χ3v) is 5.03. The van der Waals surface area contributed by atoms with Crippen LogP contribution in [0, 0.1) is 10.8 Å². The molecule has 2 aromatic carbocycles. The lowest BCUT2D eigenvalue weighted by molar-refractivity contribution is 0.0892. The third kappa shape index (κ3) is 5.19. The van der Waals surface area contributed by atoms with Crippen LogP contribution in [0.2, 0.25) is 0 Å². The molecule has 0 radical (unpaired) electrons. The first-order chi connectivity index (χ1) is 13.9. The Labute approximate surface area is 170 Å². The summed E-state index contributed by atoms with van der Waals surface area (Å²) in [7, 11) is 0. The van der Waals surface area contributed by atoms with Crippen molar-refractivity contribution < 1.29 is 4.79 Å². The van der Waals surface area contributed by atoms with Crippen molar-refractivity contribution in [3.63, 3.8) is 0 Å². The quantitative estimate of drug-likeness (QED) is 0.349. The van der Waals surface area contributed by atoms with E-state index in [4.69, 9.17) is 22.3 Å². The molecule has 0 unspecified atom stereocenters. The fraction of sp³-hybridized carbons (Fsp3) is 0.174. The topological polar surface area (TPSA) is 122 Å². The van der Waals surface area contributed by atoms with Gasteiger partial charge in [-0.2, -0.15) is 0 Å². The van der Waals surface area contributed by atoms with E-state index in [0.717, 1.165) is 24.0 Å². The number of nitrogens with zero attached hydrogens (tertiary/aromatic N) is 1. The van der Waals surface area contributed by atoms with Crippen molar-refractivity contribution in [2.75, 3.05) is 0 Å². The summed E-state index contributed by atoms with van der Waals surface area (Å²) in [5.74, 6) is 0.0896. The largest absolute Gasteiger partial charge is 0.384 e. The molecule has 3 aromatic rings. The summed E-state index contributed by atoms with van der Waals surface area (Å²) in [5.41, 5.74) is 14.6. The van der Waals surface area contributed by atoms with Crippen molar-refractivity contribution in [2.45, 2.75) is 25.2 Å². The minimum Gasteiger partial charge on any atom is -0.384 e. The Morgan fingerprint density at radius 1 is 0.897 bits per heavy atom. The zero-order valence-corrected chi connectivity index (χ0v) is 16.1.